The van der Waals surface area contributed by atoms with Crippen LogP contribution >= 0.6 is 0 Å². The number of H-pyrrole nitrogens is 1. The molecule has 1 atom stereocenters. The van der Waals surface area contributed by atoms with E-state index in [4.69, 9.17) is 57.8 Å². The van der Waals surface area contributed by atoms with Crippen LogP contribution in [-0.2, 0) is 95.6 Å². The monoisotopic (exact) mass is 1240 g/mol. The number of aromatic nitrogens is 7. The Balaban J connectivity index is 0.720. The third-order valence-electron chi connectivity index (χ3n) is 12.3. The summed E-state index contributed by atoms with van der Waals surface area (Å²) in [5.74, 6) is -3.27. The number of aryl methyl sites for hydroxylation is 1. The number of unbranched alkanes of at least 4 members (excludes halogenated alkanes) is 1. The summed E-state index contributed by atoms with van der Waals surface area (Å²) in [5, 5.41) is 28.9. The molecule has 32 heteroatoms. The molecule has 0 radical (unpaired) electrons. The van der Waals surface area contributed by atoms with Crippen LogP contribution < -0.4 is 32.6 Å². The van der Waals surface area contributed by atoms with Gasteiger partial charge in [0.25, 0.3) is 23.3 Å². The number of nitrogens with one attached hydrogen (secondary N) is 5. The van der Waals surface area contributed by atoms with Crippen molar-refractivity contribution in [3.63, 3.8) is 0 Å². The maximum atomic E-state index is 13.1. The Hall–Kier alpha value is -7.50. The lowest BCUT2D eigenvalue weighted by Crippen LogP contribution is -2.47. The highest BCUT2D eigenvalue weighted by Gasteiger charge is 2.24. The second-order valence-corrected chi connectivity index (χ2v) is 19.1. The van der Waals surface area contributed by atoms with Gasteiger partial charge in [0.1, 0.15) is 6.04 Å². The topological polar surface area (TPSA) is 404 Å². The molecule has 8 N–H and O–H groups in total. The lowest BCUT2D eigenvalue weighted by molar-refractivity contribution is -0.138. The first-order valence-corrected chi connectivity index (χ1v) is 29.1. The molecule has 32 nitrogen and oxygen atoms in total. The van der Waals surface area contributed by atoms with E-state index in [1.54, 1.807) is 28.9 Å². The number of amides is 5. The summed E-state index contributed by atoms with van der Waals surface area (Å²) in [6.45, 7) is 10.7. The Morgan fingerprint density at radius 1 is 0.602 bits per heavy atom. The number of ether oxygens (including phenoxy) is 11. The van der Waals surface area contributed by atoms with Crippen molar-refractivity contribution in [2.45, 2.75) is 57.7 Å². The van der Waals surface area contributed by atoms with Gasteiger partial charge >= 0.3 is 5.97 Å². The van der Waals surface area contributed by atoms with E-state index in [1.165, 1.54) is 18.3 Å². The van der Waals surface area contributed by atoms with Crippen LogP contribution in [0.25, 0.3) is 11.2 Å². The van der Waals surface area contributed by atoms with E-state index >= 15 is 0 Å². The predicted molar refractivity (Wildman–Crippen MR) is 313 cm³/mol. The molecule has 0 unspecified atom stereocenters. The zero-order valence-corrected chi connectivity index (χ0v) is 49.5. The smallest absolute Gasteiger partial charge is 0.303 e. The molecular formula is C56H83N13O19. The van der Waals surface area contributed by atoms with Crippen molar-refractivity contribution in [2.24, 2.45) is 0 Å². The largest absolute Gasteiger partial charge is 0.481 e. The molecule has 1 aliphatic heterocycles. The van der Waals surface area contributed by atoms with E-state index in [1.807, 2.05) is 6.20 Å². The number of carbonyl (C=O) groups excluding carboxylic acids is 5. The van der Waals surface area contributed by atoms with Gasteiger partial charge in [-0.3, -0.25) is 43.4 Å². The minimum Gasteiger partial charge on any atom is -0.481 e. The normalized spacial score (nSPS) is 12.5. The highest BCUT2D eigenvalue weighted by Crippen LogP contribution is 2.13. The molecule has 5 rings (SSSR count). The maximum absolute atomic E-state index is 13.1. The average Bonchev–Trinajstić information content (AvgIpc) is 4.36. The number of aromatic amines is 1. The van der Waals surface area contributed by atoms with Crippen LogP contribution in [0.15, 0.2) is 53.6 Å². The van der Waals surface area contributed by atoms with Gasteiger partial charge in [0.2, 0.25) is 17.8 Å². The number of carboxylic acids is 1. The number of aliphatic carboxylic acids is 1. The molecular weight excluding hydrogens is 1160 g/mol. The predicted octanol–water partition coefficient (Wildman–Crippen LogP) is -0.785. The van der Waals surface area contributed by atoms with E-state index in [-0.39, 0.29) is 60.9 Å². The van der Waals surface area contributed by atoms with Crippen LogP contribution in [0, 0.1) is 0 Å². The quantitative estimate of drug-likeness (QED) is 0.0210. The number of anilines is 2. The van der Waals surface area contributed by atoms with Crippen LogP contribution in [0.3, 0.4) is 0 Å². The standard InChI is InChI=1S/C56H83N13O19/c57-56-64-52-51(55(77)65-56)62-45(40-61-52)39-60-43-6-4-42(5-7-43)53(75)63-46(8-11-50(73)74)54(76)59-13-2-1-3-44-41-68(67-66-44)16-18-79-20-22-81-24-26-83-28-30-85-32-34-87-36-38-88-37-35-86-33-31-84-29-27-82-25-23-80-21-19-78-17-14-58-47(70)12-15-69-48(71)9-10-49(69)72/h4-7,9-10,40-41,46,60H,1-3,8,11-39H2,(H,58,70)(H,59,76)(H,63,75)(H,73,74)(H3,57,61,64,65,77)/t46-/m0/s1. The Labute approximate surface area is 508 Å². The zero-order valence-electron chi connectivity index (χ0n) is 49.5. The average molecular weight is 1240 g/mol. The molecule has 5 amide bonds. The number of benzene rings is 1. The summed E-state index contributed by atoms with van der Waals surface area (Å²) in [4.78, 5) is 100. The van der Waals surface area contributed by atoms with E-state index < -0.39 is 41.2 Å². The van der Waals surface area contributed by atoms with E-state index in [2.05, 4.69) is 51.5 Å². The number of carboxylic acid groups (broad SMARTS) is 1. The van der Waals surface area contributed by atoms with Gasteiger partial charge in [-0.15, -0.1) is 5.10 Å². The number of nitrogens with two attached hydrogens (primary N) is 1. The highest BCUT2D eigenvalue weighted by molar-refractivity contribution is 6.13. The molecule has 486 valence electrons. The summed E-state index contributed by atoms with van der Waals surface area (Å²) in [6.07, 6.45) is 7.25. The van der Waals surface area contributed by atoms with Crippen molar-refractivity contribution >= 4 is 58.3 Å². The molecule has 3 aromatic heterocycles. The van der Waals surface area contributed by atoms with E-state index in [0.717, 1.165) is 10.6 Å². The van der Waals surface area contributed by atoms with Crippen molar-refractivity contribution in [2.75, 3.05) is 176 Å². The Bertz CT molecular complexity index is 2750. The minimum atomic E-state index is -1.09. The Morgan fingerprint density at radius 2 is 1.12 bits per heavy atom. The van der Waals surface area contributed by atoms with Gasteiger partial charge in [-0.1, -0.05) is 5.21 Å². The minimum absolute atomic E-state index is 0.0372. The van der Waals surface area contributed by atoms with E-state index in [9.17, 15) is 38.7 Å². The number of rotatable bonds is 53. The lowest BCUT2D eigenvalue weighted by Gasteiger charge is -2.18. The Kier molecular flexibility index (Phi) is 35.6. The van der Waals surface area contributed by atoms with Crippen molar-refractivity contribution in [1.29, 1.82) is 0 Å². The number of carbonyl (C=O) groups is 6. The van der Waals surface area contributed by atoms with Crippen LogP contribution in [0.4, 0.5) is 11.6 Å². The Morgan fingerprint density at radius 3 is 1.66 bits per heavy atom. The van der Waals surface area contributed by atoms with Gasteiger partial charge in [-0.2, -0.15) is 4.98 Å². The number of hydrogen-bond acceptors (Lipinski definition) is 25. The molecule has 1 aliphatic rings. The maximum Gasteiger partial charge on any atom is 0.303 e. The van der Waals surface area contributed by atoms with E-state index in [0.29, 0.717) is 196 Å². The number of imide groups is 1. The number of fused-ring (bicyclic) bond motifs is 1. The van der Waals surface area contributed by atoms with Crippen molar-refractivity contribution < 1.29 is 86.0 Å². The molecule has 0 aliphatic carbocycles. The summed E-state index contributed by atoms with van der Waals surface area (Å²) in [5.41, 5.74) is 7.40. The molecule has 0 bridgehead atoms. The van der Waals surface area contributed by atoms with Gasteiger partial charge in [0.15, 0.2) is 11.2 Å². The second kappa shape index (κ2) is 44.0. The fourth-order valence-corrected chi connectivity index (χ4v) is 7.77. The molecule has 0 fully saturated rings. The fraction of sp³-hybridized carbons (Fsp3) is 0.607. The lowest BCUT2D eigenvalue weighted by atomic mass is 10.1. The molecule has 4 aromatic rings. The third kappa shape index (κ3) is 30.9. The van der Waals surface area contributed by atoms with Crippen LogP contribution in [0.5, 0.6) is 0 Å². The summed E-state index contributed by atoms with van der Waals surface area (Å²) in [6, 6.07) is 5.37. The van der Waals surface area contributed by atoms with Gasteiger partial charge in [0, 0.05) is 62.1 Å². The van der Waals surface area contributed by atoms with Crippen LogP contribution in [0.2, 0.25) is 0 Å². The third-order valence-corrected chi connectivity index (χ3v) is 12.3. The van der Waals surface area contributed by atoms with Crippen molar-refractivity contribution in [3.05, 3.63) is 76.1 Å². The number of nitrogens with zero attached hydrogens (tertiary/aromatic N) is 7. The second-order valence-electron chi connectivity index (χ2n) is 19.1. The summed E-state index contributed by atoms with van der Waals surface area (Å²) in [7, 11) is 0. The zero-order chi connectivity index (χ0) is 62.7. The number of hydrogen-bond donors (Lipinski definition) is 7. The van der Waals surface area contributed by atoms with Gasteiger partial charge in [-0.25, -0.2) is 14.6 Å². The first kappa shape index (κ1) is 71.3. The molecule has 0 spiro atoms. The summed E-state index contributed by atoms with van der Waals surface area (Å²) >= 11 is 0. The van der Waals surface area contributed by atoms with Crippen molar-refractivity contribution in [1.82, 2.24) is 55.8 Å². The van der Waals surface area contributed by atoms with Crippen LogP contribution in [0.1, 0.15) is 53.8 Å². The fourth-order valence-electron chi connectivity index (χ4n) is 7.77. The molecule has 88 heavy (non-hydrogen) atoms. The summed E-state index contributed by atoms with van der Waals surface area (Å²) < 4.78 is 62.4. The first-order chi connectivity index (χ1) is 42.9. The van der Waals surface area contributed by atoms with Crippen LogP contribution in [-0.4, -0.2) is 251 Å². The molecule has 1 aromatic carbocycles. The number of nitrogen functional groups attached to an aromatic ring is 1. The highest BCUT2D eigenvalue weighted by atomic mass is 16.6. The van der Waals surface area contributed by atoms with Gasteiger partial charge in [0.05, 0.1) is 176 Å². The van der Waals surface area contributed by atoms with Gasteiger partial charge in [-0.05, 0) is 49.9 Å². The van der Waals surface area contributed by atoms with Gasteiger partial charge < -0.3 is 84.2 Å². The SMILES string of the molecule is Nc1nc2ncc(CNc3ccc(C(=O)N[C@@H](CCC(=O)O)C(=O)NCCCCc4cn(CCOCCOCCOCCOCCOCCOCCOCCOCCOCCOCCOCCNC(=O)CCN5C(=O)C=CC5=O)nn4)cc3)nc2c(=O)[nH]1. The molecule has 0 saturated heterocycles. The first-order valence-electron chi connectivity index (χ1n) is 29.1. The molecule has 0 saturated carbocycles. The molecule has 4 heterocycles. The van der Waals surface area contributed by atoms with Crippen molar-refractivity contribution in [3.8, 4) is 0 Å².